The van der Waals surface area contributed by atoms with E-state index in [4.69, 9.17) is 14.5 Å². The maximum atomic E-state index is 13.1. The Morgan fingerprint density at radius 3 is 2.81 bits per heavy atom. The maximum absolute atomic E-state index is 13.1. The summed E-state index contributed by atoms with van der Waals surface area (Å²) in [4.78, 5) is 26.7. The van der Waals surface area contributed by atoms with E-state index in [1.54, 1.807) is 23.1 Å². The zero-order chi connectivity index (χ0) is 22.1. The second-order valence-electron chi connectivity index (χ2n) is 9.01. The molecule has 6 heterocycles. The average Bonchev–Trinajstić information content (AvgIpc) is 3.49. The molecular formula is C22H23N7O3. The third-order valence-electron chi connectivity index (χ3n) is 6.32. The topological polar surface area (TPSA) is 108 Å². The Bertz CT molecular complexity index is 1380. The van der Waals surface area contributed by atoms with Crippen LogP contribution in [-0.4, -0.2) is 53.7 Å². The first-order valence-electron chi connectivity index (χ1n) is 10.7. The zero-order valence-corrected chi connectivity index (χ0v) is 18.1. The minimum absolute atomic E-state index is 0.0389. The van der Waals surface area contributed by atoms with E-state index in [1.807, 2.05) is 30.6 Å². The summed E-state index contributed by atoms with van der Waals surface area (Å²) >= 11 is 0. The maximum Gasteiger partial charge on any atom is 0.276 e. The molecule has 10 heteroatoms. The second kappa shape index (κ2) is 6.49. The van der Waals surface area contributed by atoms with Crippen molar-refractivity contribution in [2.45, 2.75) is 44.6 Å². The van der Waals surface area contributed by atoms with Gasteiger partial charge in [0.1, 0.15) is 11.4 Å². The Kier molecular flexibility index (Phi) is 3.89. The van der Waals surface area contributed by atoms with Crippen molar-refractivity contribution >= 4 is 22.9 Å². The molecule has 0 atom stereocenters. The van der Waals surface area contributed by atoms with Gasteiger partial charge in [-0.3, -0.25) is 9.20 Å². The molecule has 1 amide bonds. The van der Waals surface area contributed by atoms with E-state index in [0.717, 1.165) is 24.1 Å². The molecule has 4 aromatic rings. The van der Waals surface area contributed by atoms with E-state index >= 15 is 0 Å². The Labute approximate surface area is 183 Å². The predicted octanol–water partition coefficient (Wildman–Crippen LogP) is 2.55. The number of aromatic nitrogens is 6. The summed E-state index contributed by atoms with van der Waals surface area (Å²) in [6, 6.07) is 0. The van der Waals surface area contributed by atoms with Crippen LogP contribution in [0.1, 0.15) is 48.4 Å². The molecule has 2 saturated heterocycles. The molecule has 3 aliphatic rings. The molecule has 0 spiro atoms. The van der Waals surface area contributed by atoms with Crippen molar-refractivity contribution < 1.29 is 14.3 Å². The first-order valence-corrected chi connectivity index (χ1v) is 10.7. The van der Waals surface area contributed by atoms with Crippen LogP contribution >= 0.6 is 0 Å². The number of amides is 1. The summed E-state index contributed by atoms with van der Waals surface area (Å²) in [5, 5.41) is 7.12. The Morgan fingerprint density at radius 2 is 2.06 bits per heavy atom. The molecule has 2 bridgehead atoms. The summed E-state index contributed by atoms with van der Waals surface area (Å²) in [6.45, 7) is 7.03. The molecule has 1 N–H and O–H groups in total. The Balaban J connectivity index is 1.36. The molecule has 10 nitrogen and oxygen atoms in total. The van der Waals surface area contributed by atoms with Crippen LogP contribution in [0.2, 0.25) is 0 Å². The molecule has 0 aromatic carbocycles. The van der Waals surface area contributed by atoms with Gasteiger partial charge >= 0.3 is 0 Å². The number of anilines is 1. The van der Waals surface area contributed by atoms with Gasteiger partial charge in [-0.15, -0.1) is 0 Å². The third kappa shape index (κ3) is 2.79. The van der Waals surface area contributed by atoms with Crippen molar-refractivity contribution in [3.8, 4) is 5.88 Å². The van der Waals surface area contributed by atoms with Gasteiger partial charge in [0.15, 0.2) is 5.65 Å². The van der Waals surface area contributed by atoms with Crippen LogP contribution in [0.25, 0.3) is 11.3 Å². The van der Waals surface area contributed by atoms with Crippen molar-refractivity contribution in [3.05, 3.63) is 47.9 Å². The van der Waals surface area contributed by atoms with Crippen LogP contribution in [0.15, 0.2) is 31.0 Å². The van der Waals surface area contributed by atoms with E-state index in [1.165, 1.54) is 0 Å². The van der Waals surface area contributed by atoms with Crippen molar-refractivity contribution in [3.63, 3.8) is 0 Å². The number of rotatable bonds is 5. The smallest absolute Gasteiger partial charge is 0.276 e. The third-order valence-corrected chi connectivity index (χ3v) is 6.32. The first-order chi connectivity index (χ1) is 15.4. The van der Waals surface area contributed by atoms with Gasteiger partial charge in [-0.25, -0.2) is 19.5 Å². The molecular weight excluding hydrogens is 410 g/mol. The molecule has 1 aliphatic carbocycles. The fourth-order valence-electron chi connectivity index (χ4n) is 4.96. The van der Waals surface area contributed by atoms with Gasteiger partial charge in [0.2, 0.25) is 5.65 Å². The molecule has 3 fully saturated rings. The lowest BCUT2D eigenvalue weighted by Crippen LogP contribution is -2.45. The molecule has 32 heavy (non-hydrogen) atoms. The number of nitrogens with one attached hydrogen (secondary N) is 1. The fourth-order valence-corrected chi connectivity index (χ4v) is 4.96. The van der Waals surface area contributed by atoms with Gasteiger partial charge in [0.05, 0.1) is 30.7 Å². The lowest BCUT2D eigenvalue weighted by atomic mass is 9.62. The molecule has 164 valence electrons. The van der Waals surface area contributed by atoms with E-state index in [2.05, 4.69) is 27.3 Å². The van der Waals surface area contributed by atoms with E-state index in [9.17, 15) is 4.79 Å². The molecule has 1 saturated carbocycles. The normalized spacial score (nSPS) is 24.1. The number of hydrogen-bond donors (Lipinski definition) is 1. The van der Waals surface area contributed by atoms with E-state index in [-0.39, 0.29) is 22.6 Å². The SMILES string of the molecule is CCOc1nc(C(=O)Nc2cnn3cc(C)cnc23)cn2cc(C34COC(C)(C3)C4)nc12. The zero-order valence-electron chi connectivity index (χ0n) is 18.1. The van der Waals surface area contributed by atoms with Gasteiger partial charge in [-0.05, 0) is 39.2 Å². The van der Waals surface area contributed by atoms with Crippen LogP contribution in [0.4, 0.5) is 5.69 Å². The predicted molar refractivity (Wildman–Crippen MR) is 115 cm³/mol. The lowest BCUT2D eigenvalue weighted by Gasteiger charge is -2.41. The van der Waals surface area contributed by atoms with Crippen LogP contribution in [0.3, 0.4) is 0 Å². The van der Waals surface area contributed by atoms with Crippen LogP contribution in [-0.2, 0) is 10.2 Å². The van der Waals surface area contributed by atoms with Crippen LogP contribution in [0.5, 0.6) is 5.88 Å². The number of hydrogen-bond acceptors (Lipinski definition) is 7. The fraction of sp³-hybridized carbons (Fsp3) is 0.409. The van der Waals surface area contributed by atoms with Gasteiger partial charge in [-0.1, -0.05) is 0 Å². The highest BCUT2D eigenvalue weighted by Gasteiger charge is 2.61. The van der Waals surface area contributed by atoms with Gasteiger partial charge in [-0.2, -0.15) is 5.10 Å². The molecule has 4 aromatic heterocycles. The number of aryl methyl sites for hydroxylation is 1. The number of nitrogens with zero attached hydrogens (tertiary/aromatic N) is 6. The number of carbonyl (C=O) groups is 1. The van der Waals surface area contributed by atoms with Gasteiger partial charge in [0.25, 0.3) is 11.8 Å². The van der Waals surface area contributed by atoms with E-state index in [0.29, 0.717) is 36.1 Å². The number of imidazole rings is 1. The average molecular weight is 433 g/mol. The summed E-state index contributed by atoms with van der Waals surface area (Å²) in [7, 11) is 0. The highest BCUT2D eigenvalue weighted by atomic mass is 16.5. The largest absolute Gasteiger partial charge is 0.475 e. The lowest BCUT2D eigenvalue weighted by molar-refractivity contribution is 0.0154. The molecule has 0 unspecified atom stereocenters. The molecule has 0 radical (unpaired) electrons. The van der Waals surface area contributed by atoms with Crippen molar-refractivity contribution in [2.75, 3.05) is 18.5 Å². The number of carbonyl (C=O) groups excluding carboxylic acids is 1. The summed E-state index contributed by atoms with van der Waals surface area (Å²) < 4.78 is 15.1. The monoisotopic (exact) mass is 433 g/mol. The Morgan fingerprint density at radius 1 is 1.22 bits per heavy atom. The highest BCUT2D eigenvalue weighted by molar-refractivity contribution is 6.04. The van der Waals surface area contributed by atoms with Crippen molar-refractivity contribution in [1.82, 2.24) is 29.0 Å². The minimum atomic E-state index is -0.376. The van der Waals surface area contributed by atoms with E-state index < -0.39 is 0 Å². The van der Waals surface area contributed by atoms with Gasteiger partial charge < -0.3 is 14.8 Å². The molecule has 2 aliphatic heterocycles. The quantitative estimate of drug-likeness (QED) is 0.515. The first kappa shape index (κ1) is 19.2. The summed E-state index contributed by atoms with van der Waals surface area (Å²) in [5.74, 6) is -0.0450. The van der Waals surface area contributed by atoms with Crippen molar-refractivity contribution in [1.29, 1.82) is 0 Å². The second-order valence-corrected chi connectivity index (χ2v) is 9.01. The molecule has 7 rings (SSSR count). The highest BCUT2D eigenvalue weighted by Crippen LogP contribution is 2.58. The number of fused-ring (bicyclic) bond motifs is 3. The standard InChI is InChI=1S/C22H23N7O3/c1-4-31-20-18-27-16(22-10-21(3,11-22)32-12-22)9-28(18)8-15(26-20)19(30)25-14-6-24-29-7-13(2)5-23-17(14)29/h5-9H,4,10-12H2,1-3H3,(H,25,30). The minimum Gasteiger partial charge on any atom is -0.475 e. The van der Waals surface area contributed by atoms with Crippen molar-refractivity contribution in [2.24, 2.45) is 0 Å². The summed E-state index contributed by atoms with van der Waals surface area (Å²) in [5.41, 5.74) is 3.72. The Hall–Kier alpha value is -3.53. The van der Waals surface area contributed by atoms with Crippen LogP contribution < -0.4 is 10.1 Å². The van der Waals surface area contributed by atoms with Gasteiger partial charge in [0, 0.05) is 30.2 Å². The summed E-state index contributed by atoms with van der Waals surface area (Å²) in [6.07, 6.45) is 10.7. The van der Waals surface area contributed by atoms with Crippen LogP contribution in [0, 0.1) is 6.92 Å². The number of ether oxygens (including phenoxy) is 2.